The molecule has 0 bridgehead atoms. The van der Waals surface area contributed by atoms with Crippen molar-refractivity contribution in [1.29, 1.82) is 0 Å². The lowest BCUT2D eigenvalue weighted by molar-refractivity contribution is -0.116. The first-order chi connectivity index (χ1) is 14.9. The smallest absolute Gasteiger partial charge is 0.255 e. The fourth-order valence-electron chi connectivity index (χ4n) is 2.82. The van der Waals surface area contributed by atoms with Crippen LogP contribution in [-0.2, 0) is 4.79 Å². The molecule has 1 N–H and O–H groups in total. The number of carbonyl (C=O) groups excluding carboxylic acids is 2. The highest BCUT2D eigenvalue weighted by Crippen LogP contribution is 2.27. The van der Waals surface area contributed by atoms with Gasteiger partial charge in [0.15, 0.2) is 0 Å². The van der Waals surface area contributed by atoms with Crippen molar-refractivity contribution in [1.82, 2.24) is 15.1 Å². The van der Waals surface area contributed by atoms with Gasteiger partial charge in [0.05, 0.1) is 10.6 Å². The zero-order chi connectivity index (χ0) is 22.4. The summed E-state index contributed by atoms with van der Waals surface area (Å²) in [6.07, 6.45) is 0.885. The Bertz CT molecular complexity index is 1080. The maximum Gasteiger partial charge on any atom is 0.255 e. The first kappa shape index (κ1) is 23.7. The number of hydrogen-bond donors (Lipinski definition) is 1. The Morgan fingerprint density at radius 3 is 2.52 bits per heavy atom. The molecule has 0 aliphatic rings. The molecule has 0 spiro atoms. The molecule has 0 atom stereocenters. The van der Waals surface area contributed by atoms with Crippen LogP contribution in [0.5, 0.6) is 0 Å². The summed E-state index contributed by atoms with van der Waals surface area (Å²) in [6.45, 7) is 2.74. The predicted octanol–water partition coefficient (Wildman–Crippen LogP) is 6.16. The molecule has 2 amide bonds. The van der Waals surface area contributed by atoms with Gasteiger partial charge in [-0.1, -0.05) is 69.5 Å². The number of halogens is 3. The van der Waals surface area contributed by atoms with E-state index in [4.69, 9.17) is 23.2 Å². The molecule has 10 heteroatoms. The predicted molar refractivity (Wildman–Crippen MR) is 129 cm³/mol. The van der Waals surface area contributed by atoms with E-state index in [2.05, 4.69) is 31.4 Å². The van der Waals surface area contributed by atoms with Crippen molar-refractivity contribution < 1.29 is 9.59 Å². The molecule has 3 rings (SSSR count). The van der Waals surface area contributed by atoms with Gasteiger partial charge in [0.2, 0.25) is 11.0 Å². The van der Waals surface area contributed by atoms with Crippen molar-refractivity contribution >= 4 is 67.4 Å². The molecule has 1 heterocycles. The second-order valence-corrected chi connectivity index (χ2v) is 9.37. The Balaban J connectivity index is 1.60. The van der Waals surface area contributed by atoms with E-state index in [0.29, 0.717) is 27.3 Å². The topological polar surface area (TPSA) is 75.2 Å². The lowest BCUT2D eigenvalue weighted by atomic mass is 10.2. The van der Waals surface area contributed by atoms with E-state index in [1.807, 2.05) is 31.2 Å². The summed E-state index contributed by atoms with van der Waals surface area (Å²) in [6, 6.07) is 12.4. The molecule has 1 aromatic heterocycles. The quantitative estimate of drug-likeness (QED) is 0.371. The number of anilines is 1. The lowest BCUT2D eigenvalue weighted by Crippen LogP contribution is -2.34. The van der Waals surface area contributed by atoms with E-state index >= 15 is 0 Å². The molecular formula is C21H19BrCl2N4O2S. The van der Waals surface area contributed by atoms with Gasteiger partial charge in [0.1, 0.15) is 5.01 Å². The Kier molecular flexibility index (Phi) is 8.43. The number of rotatable bonds is 8. The molecule has 162 valence electrons. The van der Waals surface area contributed by atoms with Crippen molar-refractivity contribution in [3.05, 3.63) is 62.5 Å². The molecule has 0 unspecified atom stereocenters. The largest absolute Gasteiger partial charge is 0.338 e. The van der Waals surface area contributed by atoms with Crippen LogP contribution in [0.4, 0.5) is 5.13 Å². The minimum Gasteiger partial charge on any atom is -0.338 e. The molecule has 0 aliphatic heterocycles. The number of nitrogens with one attached hydrogen (secondary N) is 1. The number of carbonyl (C=O) groups is 2. The van der Waals surface area contributed by atoms with Gasteiger partial charge in [-0.25, -0.2) is 0 Å². The average Bonchev–Trinajstić information content (AvgIpc) is 3.19. The second-order valence-electron chi connectivity index (χ2n) is 6.63. The number of amides is 2. The van der Waals surface area contributed by atoms with E-state index in [1.165, 1.54) is 17.4 Å². The summed E-state index contributed by atoms with van der Waals surface area (Å²) in [4.78, 5) is 26.9. The van der Waals surface area contributed by atoms with Gasteiger partial charge in [0.25, 0.3) is 5.91 Å². The molecule has 0 saturated heterocycles. The second kappa shape index (κ2) is 11.0. The summed E-state index contributed by atoms with van der Waals surface area (Å²) in [7, 11) is 0. The zero-order valence-electron chi connectivity index (χ0n) is 16.6. The summed E-state index contributed by atoms with van der Waals surface area (Å²) in [5.41, 5.74) is 1.28. The standard InChI is InChI=1S/C21H19BrCl2N4O2S/c1-2-10-28(20(30)16-8-7-15(23)12-17(16)24)11-9-18(29)25-21-27-26-19(31-21)13-3-5-14(22)6-4-13/h3-8,12H,2,9-11H2,1H3,(H,25,27,29). The summed E-state index contributed by atoms with van der Waals surface area (Å²) in [5, 5.41) is 12.8. The van der Waals surface area contributed by atoms with Crippen LogP contribution in [0.1, 0.15) is 30.1 Å². The van der Waals surface area contributed by atoms with Crippen molar-refractivity contribution in [2.45, 2.75) is 19.8 Å². The zero-order valence-corrected chi connectivity index (χ0v) is 20.5. The van der Waals surface area contributed by atoms with Gasteiger partial charge in [-0.05, 0) is 36.8 Å². The van der Waals surface area contributed by atoms with Crippen LogP contribution in [0.3, 0.4) is 0 Å². The number of aromatic nitrogens is 2. The third-order valence-corrected chi connectivity index (χ3v) is 6.28. The normalized spacial score (nSPS) is 10.7. The van der Waals surface area contributed by atoms with Crippen LogP contribution >= 0.6 is 50.5 Å². The molecule has 31 heavy (non-hydrogen) atoms. The van der Waals surface area contributed by atoms with Crippen LogP contribution in [0, 0.1) is 0 Å². The first-order valence-corrected chi connectivity index (χ1v) is 11.9. The molecule has 6 nitrogen and oxygen atoms in total. The highest BCUT2D eigenvalue weighted by molar-refractivity contribution is 9.10. The van der Waals surface area contributed by atoms with Gasteiger partial charge < -0.3 is 10.2 Å². The Hall–Kier alpha value is -2.00. The fourth-order valence-corrected chi connectivity index (χ4v) is 4.34. The molecule has 0 saturated carbocycles. The highest BCUT2D eigenvalue weighted by Gasteiger charge is 2.19. The van der Waals surface area contributed by atoms with E-state index in [0.717, 1.165) is 16.5 Å². The molecular weight excluding hydrogens is 523 g/mol. The summed E-state index contributed by atoms with van der Waals surface area (Å²) >= 11 is 16.8. The lowest BCUT2D eigenvalue weighted by Gasteiger charge is -2.22. The van der Waals surface area contributed by atoms with E-state index in [-0.39, 0.29) is 29.8 Å². The minimum absolute atomic E-state index is 0.129. The van der Waals surface area contributed by atoms with Crippen molar-refractivity contribution in [3.8, 4) is 10.6 Å². The Labute approximate surface area is 202 Å². The van der Waals surface area contributed by atoms with Crippen LogP contribution in [0.25, 0.3) is 10.6 Å². The SMILES string of the molecule is CCCN(CCC(=O)Nc1nnc(-c2ccc(Br)cc2)s1)C(=O)c1ccc(Cl)cc1Cl. The van der Waals surface area contributed by atoms with Gasteiger partial charge in [0, 0.05) is 34.6 Å². The number of hydrogen-bond acceptors (Lipinski definition) is 5. The van der Waals surface area contributed by atoms with Gasteiger partial charge in [-0.3, -0.25) is 9.59 Å². The minimum atomic E-state index is -0.241. The number of benzene rings is 2. The third-order valence-electron chi connectivity index (χ3n) is 4.31. The van der Waals surface area contributed by atoms with Crippen LogP contribution in [-0.4, -0.2) is 40.0 Å². The molecule has 0 radical (unpaired) electrons. The number of nitrogens with zero attached hydrogens (tertiary/aromatic N) is 3. The van der Waals surface area contributed by atoms with E-state index < -0.39 is 0 Å². The van der Waals surface area contributed by atoms with Gasteiger partial charge >= 0.3 is 0 Å². The molecule has 3 aromatic rings. The third kappa shape index (κ3) is 6.49. The first-order valence-electron chi connectivity index (χ1n) is 9.51. The average molecular weight is 542 g/mol. The van der Waals surface area contributed by atoms with Gasteiger partial charge in [-0.2, -0.15) is 0 Å². The Morgan fingerprint density at radius 1 is 1.10 bits per heavy atom. The van der Waals surface area contributed by atoms with E-state index in [9.17, 15) is 9.59 Å². The van der Waals surface area contributed by atoms with Crippen molar-refractivity contribution in [2.24, 2.45) is 0 Å². The summed E-state index contributed by atoms with van der Waals surface area (Å²) in [5.74, 6) is -0.473. The summed E-state index contributed by atoms with van der Waals surface area (Å²) < 4.78 is 0.973. The Morgan fingerprint density at radius 2 is 1.84 bits per heavy atom. The molecule has 0 aliphatic carbocycles. The van der Waals surface area contributed by atoms with Gasteiger partial charge in [-0.15, -0.1) is 10.2 Å². The monoisotopic (exact) mass is 540 g/mol. The van der Waals surface area contributed by atoms with Crippen LogP contribution in [0.15, 0.2) is 46.9 Å². The maximum atomic E-state index is 12.9. The van der Waals surface area contributed by atoms with Crippen LogP contribution < -0.4 is 5.32 Å². The van der Waals surface area contributed by atoms with E-state index in [1.54, 1.807) is 17.0 Å². The highest BCUT2D eigenvalue weighted by atomic mass is 79.9. The van der Waals surface area contributed by atoms with Crippen molar-refractivity contribution in [3.63, 3.8) is 0 Å². The maximum absolute atomic E-state index is 12.9. The van der Waals surface area contributed by atoms with Crippen LogP contribution in [0.2, 0.25) is 10.0 Å². The van der Waals surface area contributed by atoms with Crippen molar-refractivity contribution in [2.75, 3.05) is 18.4 Å². The molecule has 2 aromatic carbocycles. The fraction of sp³-hybridized carbons (Fsp3) is 0.238. The molecule has 0 fully saturated rings.